The SMILES string of the molecule is CCC1CCC(C(=O)O)C(c2ccc(OC(C)C)cc2)C1. The summed E-state index contributed by atoms with van der Waals surface area (Å²) < 4.78 is 5.66. The highest BCUT2D eigenvalue weighted by Gasteiger charge is 2.35. The Labute approximate surface area is 127 Å². The fourth-order valence-electron chi connectivity index (χ4n) is 3.36. The maximum atomic E-state index is 11.5. The number of hydrogen-bond acceptors (Lipinski definition) is 2. The molecule has 116 valence electrons. The third kappa shape index (κ3) is 3.99. The van der Waals surface area contributed by atoms with Gasteiger partial charge in [0.05, 0.1) is 12.0 Å². The van der Waals surface area contributed by atoms with E-state index >= 15 is 0 Å². The van der Waals surface area contributed by atoms with Gasteiger partial charge in [-0.15, -0.1) is 0 Å². The average Bonchev–Trinajstić information content (AvgIpc) is 2.46. The molecule has 2 rings (SSSR count). The first-order chi connectivity index (χ1) is 10.0. The molecule has 3 unspecified atom stereocenters. The van der Waals surface area contributed by atoms with Crippen LogP contribution in [-0.4, -0.2) is 17.2 Å². The molecule has 3 heteroatoms. The molecule has 0 spiro atoms. The van der Waals surface area contributed by atoms with Crippen molar-refractivity contribution in [2.75, 3.05) is 0 Å². The zero-order valence-corrected chi connectivity index (χ0v) is 13.2. The van der Waals surface area contributed by atoms with Crippen LogP contribution in [0.15, 0.2) is 24.3 Å². The third-order valence-corrected chi connectivity index (χ3v) is 4.53. The molecule has 1 aromatic rings. The summed E-state index contributed by atoms with van der Waals surface area (Å²) in [6, 6.07) is 8.00. The Hall–Kier alpha value is -1.51. The summed E-state index contributed by atoms with van der Waals surface area (Å²) in [5.41, 5.74) is 1.14. The average molecular weight is 290 g/mol. The van der Waals surface area contributed by atoms with E-state index < -0.39 is 5.97 Å². The summed E-state index contributed by atoms with van der Waals surface area (Å²) in [6.45, 7) is 6.20. The topological polar surface area (TPSA) is 46.5 Å². The first kappa shape index (κ1) is 15.9. The predicted octanol–water partition coefficient (Wildman–Crippen LogP) is 4.47. The van der Waals surface area contributed by atoms with E-state index in [0.717, 1.165) is 37.0 Å². The molecule has 1 saturated carbocycles. The highest BCUT2D eigenvalue weighted by molar-refractivity contribution is 5.71. The summed E-state index contributed by atoms with van der Waals surface area (Å²) in [5, 5.41) is 9.48. The van der Waals surface area contributed by atoms with Crippen LogP contribution in [0.5, 0.6) is 5.75 Å². The molecule has 3 atom stereocenters. The van der Waals surface area contributed by atoms with Gasteiger partial charge < -0.3 is 9.84 Å². The van der Waals surface area contributed by atoms with Crippen LogP contribution in [0.25, 0.3) is 0 Å². The Morgan fingerprint density at radius 3 is 2.48 bits per heavy atom. The molecule has 0 aromatic heterocycles. The van der Waals surface area contributed by atoms with E-state index in [-0.39, 0.29) is 17.9 Å². The third-order valence-electron chi connectivity index (χ3n) is 4.53. The van der Waals surface area contributed by atoms with Gasteiger partial charge >= 0.3 is 5.97 Å². The van der Waals surface area contributed by atoms with Crippen LogP contribution in [0, 0.1) is 11.8 Å². The van der Waals surface area contributed by atoms with Gasteiger partial charge in [-0.3, -0.25) is 4.79 Å². The monoisotopic (exact) mass is 290 g/mol. The van der Waals surface area contributed by atoms with E-state index in [1.165, 1.54) is 0 Å². The summed E-state index contributed by atoms with van der Waals surface area (Å²) in [6.07, 6.45) is 4.11. The lowest BCUT2D eigenvalue weighted by molar-refractivity contribution is -0.143. The molecule has 0 amide bonds. The van der Waals surface area contributed by atoms with Crippen LogP contribution in [0.2, 0.25) is 0 Å². The van der Waals surface area contributed by atoms with Crippen molar-refractivity contribution >= 4 is 5.97 Å². The summed E-state index contributed by atoms with van der Waals surface area (Å²) in [7, 11) is 0. The Balaban J connectivity index is 2.17. The van der Waals surface area contributed by atoms with Gasteiger partial charge in [-0.25, -0.2) is 0 Å². The van der Waals surface area contributed by atoms with Crippen molar-refractivity contribution in [3.8, 4) is 5.75 Å². The molecule has 1 aliphatic rings. The van der Waals surface area contributed by atoms with Crippen molar-refractivity contribution in [3.63, 3.8) is 0 Å². The van der Waals surface area contributed by atoms with Crippen molar-refractivity contribution in [1.29, 1.82) is 0 Å². The summed E-state index contributed by atoms with van der Waals surface area (Å²) in [5.74, 6) is 0.733. The van der Waals surface area contributed by atoms with Gasteiger partial charge in [-0.2, -0.15) is 0 Å². The standard InChI is InChI=1S/C18H26O3/c1-4-13-5-10-16(18(19)20)17(11-13)14-6-8-15(9-7-14)21-12(2)3/h6-9,12-13,16-17H,4-5,10-11H2,1-3H3,(H,19,20). The van der Waals surface area contributed by atoms with E-state index in [0.29, 0.717) is 5.92 Å². The maximum absolute atomic E-state index is 11.5. The zero-order valence-electron chi connectivity index (χ0n) is 13.2. The van der Waals surface area contributed by atoms with Crippen LogP contribution in [0.3, 0.4) is 0 Å². The number of rotatable bonds is 5. The van der Waals surface area contributed by atoms with Crippen molar-refractivity contribution in [3.05, 3.63) is 29.8 Å². The smallest absolute Gasteiger partial charge is 0.307 e. The Morgan fingerprint density at radius 1 is 1.29 bits per heavy atom. The van der Waals surface area contributed by atoms with Crippen molar-refractivity contribution in [2.45, 2.75) is 58.5 Å². The predicted molar refractivity (Wildman–Crippen MR) is 83.7 cm³/mol. The van der Waals surface area contributed by atoms with Crippen LogP contribution in [0.4, 0.5) is 0 Å². The van der Waals surface area contributed by atoms with E-state index in [9.17, 15) is 9.90 Å². The lowest BCUT2D eigenvalue weighted by Gasteiger charge is -2.34. The van der Waals surface area contributed by atoms with E-state index in [4.69, 9.17) is 4.74 Å². The van der Waals surface area contributed by atoms with E-state index in [1.54, 1.807) is 0 Å². The second kappa shape index (κ2) is 6.97. The fourth-order valence-corrected chi connectivity index (χ4v) is 3.36. The molecule has 1 N–H and O–H groups in total. The first-order valence-corrected chi connectivity index (χ1v) is 8.00. The lowest BCUT2D eigenvalue weighted by atomic mass is 9.70. The zero-order chi connectivity index (χ0) is 15.4. The molecule has 1 aliphatic carbocycles. The molecule has 0 bridgehead atoms. The maximum Gasteiger partial charge on any atom is 0.307 e. The Bertz CT molecular complexity index is 464. The number of carbonyl (C=O) groups is 1. The van der Waals surface area contributed by atoms with Gasteiger partial charge in [0.25, 0.3) is 0 Å². The minimum absolute atomic E-state index is 0.134. The lowest BCUT2D eigenvalue weighted by Crippen LogP contribution is -2.29. The Morgan fingerprint density at radius 2 is 1.95 bits per heavy atom. The van der Waals surface area contributed by atoms with Crippen LogP contribution in [0.1, 0.15) is 57.9 Å². The van der Waals surface area contributed by atoms with Crippen LogP contribution in [-0.2, 0) is 4.79 Å². The summed E-state index contributed by atoms with van der Waals surface area (Å²) >= 11 is 0. The highest BCUT2D eigenvalue weighted by Crippen LogP contribution is 2.42. The van der Waals surface area contributed by atoms with Gasteiger partial charge in [0.2, 0.25) is 0 Å². The Kier molecular flexibility index (Phi) is 5.27. The van der Waals surface area contributed by atoms with Gasteiger partial charge in [0.15, 0.2) is 0 Å². The largest absolute Gasteiger partial charge is 0.491 e. The van der Waals surface area contributed by atoms with Gasteiger partial charge in [-0.1, -0.05) is 25.5 Å². The molecule has 3 nitrogen and oxygen atoms in total. The van der Waals surface area contributed by atoms with Crippen LogP contribution >= 0.6 is 0 Å². The van der Waals surface area contributed by atoms with Gasteiger partial charge in [-0.05, 0) is 62.6 Å². The van der Waals surface area contributed by atoms with Gasteiger partial charge in [0, 0.05) is 0 Å². The number of hydrogen-bond donors (Lipinski definition) is 1. The second-order valence-corrected chi connectivity index (χ2v) is 6.37. The number of benzene rings is 1. The molecule has 0 saturated heterocycles. The normalized spacial score (nSPS) is 25.8. The minimum Gasteiger partial charge on any atom is -0.491 e. The van der Waals surface area contributed by atoms with Crippen molar-refractivity contribution in [2.24, 2.45) is 11.8 Å². The second-order valence-electron chi connectivity index (χ2n) is 6.37. The van der Waals surface area contributed by atoms with Crippen molar-refractivity contribution < 1.29 is 14.6 Å². The van der Waals surface area contributed by atoms with Crippen molar-refractivity contribution in [1.82, 2.24) is 0 Å². The number of carboxylic acids is 1. The van der Waals surface area contributed by atoms with Crippen LogP contribution < -0.4 is 4.74 Å². The molecule has 1 fully saturated rings. The molecule has 0 heterocycles. The molecule has 0 radical (unpaired) electrons. The first-order valence-electron chi connectivity index (χ1n) is 8.00. The highest BCUT2D eigenvalue weighted by atomic mass is 16.5. The minimum atomic E-state index is -0.655. The molecule has 0 aliphatic heterocycles. The van der Waals surface area contributed by atoms with Gasteiger partial charge in [0.1, 0.15) is 5.75 Å². The summed E-state index contributed by atoms with van der Waals surface area (Å²) in [4.78, 5) is 11.5. The molecular weight excluding hydrogens is 264 g/mol. The number of ether oxygens (including phenoxy) is 1. The molecule has 1 aromatic carbocycles. The van der Waals surface area contributed by atoms with E-state index in [1.807, 2.05) is 38.1 Å². The fraction of sp³-hybridized carbons (Fsp3) is 0.611. The molecule has 21 heavy (non-hydrogen) atoms. The number of aliphatic carboxylic acids is 1. The number of carboxylic acid groups (broad SMARTS) is 1. The van der Waals surface area contributed by atoms with E-state index in [2.05, 4.69) is 6.92 Å². The quantitative estimate of drug-likeness (QED) is 0.870. The molecular formula is C18H26O3.